The van der Waals surface area contributed by atoms with Crippen LogP contribution in [0.25, 0.3) is 0 Å². The molecule has 2 rings (SSSR count). The van der Waals surface area contributed by atoms with Crippen molar-refractivity contribution in [2.45, 2.75) is 26.3 Å². The molecule has 1 N–H and O–H groups in total. The lowest BCUT2D eigenvalue weighted by Crippen LogP contribution is -2.42. The van der Waals surface area contributed by atoms with Crippen molar-refractivity contribution in [3.05, 3.63) is 48.0 Å². The number of methoxy groups -OCH3 is 3. The van der Waals surface area contributed by atoms with Gasteiger partial charge in [-0.05, 0) is 42.2 Å². The van der Waals surface area contributed by atoms with Crippen LogP contribution in [0.1, 0.15) is 31.9 Å². The van der Waals surface area contributed by atoms with Crippen LogP contribution in [0.5, 0.6) is 17.2 Å². The minimum absolute atomic E-state index is 0.231. The molecule has 0 spiro atoms. The van der Waals surface area contributed by atoms with Gasteiger partial charge in [-0.25, -0.2) is 8.42 Å². The van der Waals surface area contributed by atoms with Gasteiger partial charge in [0, 0.05) is 6.07 Å². The Morgan fingerprint density at radius 3 is 2.06 bits per heavy atom. The second kappa shape index (κ2) is 11.1. The summed E-state index contributed by atoms with van der Waals surface area (Å²) in [6, 6.07) is 12.0. The first-order valence-corrected chi connectivity index (χ1v) is 12.1. The highest BCUT2D eigenvalue weighted by atomic mass is 32.2. The molecule has 0 saturated carbocycles. The molecular weight excluding hydrogens is 432 g/mol. The maximum Gasteiger partial charge on any atom is 0.241 e. The molecule has 2 aromatic rings. The van der Waals surface area contributed by atoms with Gasteiger partial charge in [0.1, 0.15) is 23.8 Å². The van der Waals surface area contributed by atoms with Crippen molar-refractivity contribution in [2.75, 3.05) is 38.4 Å². The summed E-state index contributed by atoms with van der Waals surface area (Å²) < 4.78 is 41.9. The van der Waals surface area contributed by atoms with Crippen molar-refractivity contribution in [2.24, 2.45) is 5.92 Å². The number of nitrogens with one attached hydrogen (secondary N) is 1. The third-order valence-corrected chi connectivity index (χ3v) is 6.03. The van der Waals surface area contributed by atoms with Crippen LogP contribution in [-0.4, -0.2) is 48.5 Å². The fourth-order valence-corrected chi connectivity index (χ4v) is 4.18. The molecule has 0 radical (unpaired) electrons. The largest absolute Gasteiger partial charge is 0.497 e. The summed E-state index contributed by atoms with van der Waals surface area (Å²) in [6.07, 6.45) is 1.74. The molecule has 9 heteroatoms. The molecule has 0 heterocycles. The molecular formula is C23H32N2O6S. The Labute approximate surface area is 190 Å². The average molecular weight is 465 g/mol. The van der Waals surface area contributed by atoms with Crippen LogP contribution >= 0.6 is 0 Å². The Bertz CT molecular complexity index is 1010. The first kappa shape index (κ1) is 25.3. The first-order valence-electron chi connectivity index (χ1n) is 10.2. The summed E-state index contributed by atoms with van der Waals surface area (Å²) in [5, 5.41) is 2.98. The van der Waals surface area contributed by atoms with Crippen molar-refractivity contribution in [3.63, 3.8) is 0 Å². The highest BCUT2D eigenvalue weighted by Crippen LogP contribution is 2.33. The van der Waals surface area contributed by atoms with Gasteiger partial charge < -0.3 is 19.5 Å². The van der Waals surface area contributed by atoms with Crippen molar-refractivity contribution < 1.29 is 27.4 Å². The van der Waals surface area contributed by atoms with Gasteiger partial charge in [0.05, 0.1) is 39.3 Å². The molecule has 176 valence electrons. The number of benzene rings is 2. The Balaban J connectivity index is 2.32. The lowest BCUT2D eigenvalue weighted by Gasteiger charge is -2.26. The third kappa shape index (κ3) is 6.78. The topological polar surface area (TPSA) is 94.2 Å². The van der Waals surface area contributed by atoms with E-state index in [0.717, 1.165) is 21.9 Å². The molecule has 0 unspecified atom stereocenters. The average Bonchev–Trinajstić information content (AvgIpc) is 2.75. The van der Waals surface area contributed by atoms with Gasteiger partial charge in [0.2, 0.25) is 15.9 Å². The highest BCUT2D eigenvalue weighted by molar-refractivity contribution is 7.92. The molecule has 1 atom stereocenters. The van der Waals surface area contributed by atoms with Gasteiger partial charge in [0.25, 0.3) is 0 Å². The van der Waals surface area contributed by atoms with E-state index >= 15 is 0 Å². The SMILES string of the molecule is COc1ccc([C@H](CC(C)C)NC(=O)CN(c2cc(OC)ccc2OC)S(C)(=O)=O)cc1. The zero-order valence-electron chi connectivity index (χ0n) is 19.4. The molecule has 2 aromatic carbocycles. The monoisotopic (exact) mass is 464 g/mol. The first-order chi connectivity index (χ1) is 15.1. The number of rotatable bonds is 11. The molecule has 0 saturated heterocycles. The van der Waals surface area contributed by atoms with E-state index in [9.17, 15) is 13.2 Å². The van der Waals surface area contributed by atoms with Gasteiger partial charge in [-0.3, -0.25) is 9.10 Å². The minimum Gasteiger partial charge on any atom is -0.497 e. The van der Waals surface area contributed by atoms with Crippen LogP contribution in [0.4, 0.5) is 5.69 Å². The number of carbonyl (C=O) groups excluding carboxylic acids is 1. The van der Waals surface area contributed by atoms with E-state index in [1.807, 2.05) is 24.3 Å². The van der Waals surface area contributed by atoms with E-state index in [4.69, 9.17) is 14.2 Å². The lowest BCUT2D eigenvalue weighted by molar-refractivity contribution is -0.120. The number of amides is 1. The molecule has 0 aromatic heterocycles. The Hall–Kier alpha value is -2.94. The summed E-state index contributed by atoms with van der Waals surface area (Å²) in [4.78, 5) is 13.0. The van der Waals surface area contributed by atoms with Crippen molar-refractivity contribution >= 4 is 21.6 Å². The van der Waals surface area contributed by atoms with Gasteiger partial charge in [-0.1, -0.05) is 26.0 Å². The standard InChI is InChI=1S/C23H32N2O6S/c1-16(2)13-20(17-7-9-18(29-3)10-8-17)24-23(26)15-25(32(6,27)28)21-14-19(30-4)11-12-22(21)31-5/h7-12,14,16,20H,13,15H2,1-6H3,(H,24,26)/t20-/m0/s1. The fourth-order valence-electron chi connectivity index (χ4n) is 3.33. The molecule has 32 heavy (non-hydrogen) atoms. The number of hydrogen-bond acceptors (Lipinski definition) is 6. The van der Waals surface area contributed by atoms with Crippen molar-refractivity contribution in [3.8, 4) is 17.2 Å². The third-order valence-electron chi connectivity index (χ3n) is 4.90. The summed E-state index contributed by atoms with van der Waals surface area (Å²) in [5.41, 5.74) is 1.15. The van der Waals surface area contributed by atoms with E-state index < -0.39 is 22.5 Å². The predicted octanol–water partition coefficient (Wildman–Crippen LogP) is 3.38. The second-order valence-electron chi connectivity index (χ2n) is 7.83. The lowest BCUT2D eigenvalue weighted by atomic mass is 9.97. The maximum absolute atomic E-state index is 13.0. The van der Waals surface area contributed by atoms with E-state index in [1.165, 1.54) is 20.3 Å². The second-order valence-corrected chi connectivity index (χ2v) is 9.74. The zero-order valence-corrected chi connectivity index (χ0v) is 20.2. The minimum atomic E-state index is -3.78. The van der Waals surface area contributed by atoms with Crippen molar-refractivity contribution in [1.29, 1.82) is 0 Å². The van der Waals surface area contributed by atoms with Gasteiger partial charge >= 0.3 is 0 Å². The Morgan fingerprint density at radius 1 is 0.969 bits per heavy atom. The maximum atomic E-state index is 13.0. The van der Waals surface area contributed by atoms with E-state index in [2.05, 4.69) is 19.2 Å². The Kier molecular flexibility index (Phi) is 8.77. The quantitative estimate of drug-likeness (QED) is 0.548. The van der Waals surface area contributed by atoms with Gasteiger partial charge in [-0.15, -0.1) is 0 Å². The molecule has 1 amide bonds. The summed E-state index contributed by atoms with van der Waals surface area (Å²) in [7, 11) is 0.729. The molecule has 0 aliphatic rings. The summed E-state index contributed by atoms with van der Waals surface area (Å²) in [5.74, 6) is 1.37. The molecule has 0 fully saturated rings. The smallest absolute Gasteiger partial charge is 0.241 e. The summed E-state index contributed by atoms with van der Waals surface area (Å²) in [6.45, 7) is 3.73. The summed E-state index contributed by atoms with van der Waals surface area (Å²) >= 11 is 0. The van der Waals surface area contributed by atoms with E-state index in [0.29, 0.717) is 23.8 Å². The van der Waals surface area contributed by atoms with Crippen molar-refractivity contribution in [1.82, 2.24) is 5.32 Å². The highest BCUT2D eigenvalue weighted by Gasteiger charge is 2.26. The molecule has 0 aliphatic carbocycles. The number of nitrogens with zero attached hydrogens (tertiary/aromatic N) is 1. The molecule has 8 nitrogen and oxygen atoms in total. The van der Waals surface area contributed by atoms with Crippen LogP contribution in [0.2, 0.25) is 0 Å². The van der Waals surface area contributed by atoms with E-state index in [1.54, 1.807) is 19.2 Å². The van der Waals surface area contributed by atoms with Crippen LogP contribution < -0.4 is 23.8 Å². The Morgan fingerprint density at radius 2 is 1.56 bits per heavy atom. The fraction of sp³-hybridized carbons (Fsp3) is 0.435. The number of carbonyl (C=O) groups is 1. The van der Waals surface area contributed by atoms with Crippen LogP contribution in [0.3, 0.4) is 0 Å². The van der Waals surface area contributed by atoms with Crippen LogP contribution in [-0.2, 0) is 14.8 Å². The van der Waals surface area contributed by atoms with E-state index in [-0.39, 0.29) is 11.7 Å². The molecule has 0 bridgehead atoms. The number of sulfonamides is 1. The van der Waals surface area contributed by atoms with Crippen LogP contribution in [0, 0.1) is 5.92 Å². The van der Waals surface area contributed by atoms with Gasteiger partial charge in [0.15, 0.2) is 0 Å². The number of anilines is 1. The number of ether oxygens (including phenoxy) is 3. The normalized spacial score (nSPS) is 12.2. The molecule has 0 aliphatic heterocycles. The predicted molar refractivity (Wildman–Crippen MR) is 125 cm³/mol. The van der Waals surface area contributed by atoms with Crippen LogP contribution in [0.15, 0.2) is 42.5 Å². The number of hydrogen-bond donors (Lipinski definition) is 1. The van der Waals surface area contributed by atoms with Gasteiger partial charge in [-0.2, -0.15) is 0 Å². The zero-order chi connectivity index (χ0) is 23.9.